The van der Waals surface area contributed by atoms with Crippen molar-refractivity contribution in [3.8, 4) is 0 Å². The van der Waals surface area contributed by atoms with Crippen molar-refractivity contribution in [2.24, 2.45) is 5.92 Å². The standard InChI is InChI=1S/C16H18N2O6/c1-9(19)18-4-2-10(3-5-18)14(20)17-13-7-11(15(21)22)6-12(8-13)16(23)24/h6-8,10H,2-5H2,1H3,(H,17,20)(H,21,22)(H,23,24). The van der Waals surface area contributed by atoms with Gasteiger partial charge in [0.25, 0.3) is 0 Å². The number of benzene rings is 1. The molecule has 1 heterocycles. The first-order valence-electron chi connectivity index (χ1n) is 7.46. The molecule has 0 unspecified atom stereocenters. The van der Waals surface area contributed by atoms with Gasteiger partial charge >= 0.3 is 11.9 Å². The molecule has 1 fully saturated rings. The first kappa shape index (κ1) is 17.5. The van der Waals surface area contributed by atoms with Gasteiger partial charge in [0.2, 0.25) is 11.8 Å². The van der Waals surface area contributed by atoms with Crippen LogP contribution in [-0.2, 0) is 9.59 Å². The molecule has 1 aromatic rings. The number of aromatic carboxylic acids is 2. The maximum Gasteiger partial charge on any atom is 0.335 e. The van der Waals surface area contributed by atoms with Gasteiger partial charge in [-0.15, -0.1) is 0 Å². The first-order chi connectivity index (χ1) is 11.3. The summed E-state index contributed by atoms with van der Waals surface area (Å²) in [5, 5.41) is 20.7. The van der Waals surface area contributed by atoms with E-state index < -0.39 is 11.9 Å². The van der Waals surface area contributed by atoms with Crippen LogP contribution in [0, 0.1) is 5.92 Å². The van der Waals surface area contributed by atoms with Gasteiger partial charge in [0.15, 0.2) is 0 Å². The van der Waals surface area contributed by atoms with Gasteiger partial charge in [-0.05, 0) is 31.0 Å². The van der Waals surface area contributed by atoms with E-state index in [2.05, 4.69) is 5.32 Å². The summed E-state index contributed by atoms with van der Waals surface area (Å²) in [6, 6.07) is 3.47. The molecule has 0 spiro atoms. The number of nitrogens with zero attached hydrogens (tertiary/aromatic N) is 1. The number of carboxylic acid groups (broad SMARTS) is 2. The van der Waals surface area contributed by atoms with E-state index in [1.54, 1.807) is 4.90 Å². The maximum absolute atomic E-state index is 12.3. The third-order valence-electron chi connectivity index (χ3n) is 4.01. The van der Waals surface area contributed by atoms with Crippen molar-refractivity contribution >= 4 is 29.4 Å². The van der Waals surface area contributed by atoms with Crippen molar-refractivity contribution < 1.29 is 29.4 Å². The fourth-order valence-corrected chi connectivity index (χ4v) is 2.65. The van der Waals surface area contributed by atoms with E-state index >= 15 is 0 Å². The van der Waals surface area contributed by atoms with Crippen molar-refractivity contribution in [3.63, 3.8) is 0 Å². The van der Waals surface area contributed by atoms with Crippen LogP contribution in [-0.4, -0.2) is 52.0 Å². The van der Waals surface area contributed by atoms with Crippen LogP contribution in [0.3, 0.4) is 0 Å². The second-order valence-electron chi connectivity index (χ2n) is 5.68. The molecule has 1 aliphatic heterocycles. The minimum atomic E-state index is -1.27. The summed E-state index contributed by atoms with van der Waals surface area (Å²) in [5.74, 6) is -3.19. The Balaban J connectivity index is 2.10. The zero-order valence-corrected chi connectivity index (χ0v) is 13.1. The Morgan fingerprint density at radius 2 is 1.50 bits per heavy atom. The van der Waals surface area contributed by atoms with Crippen molar-refractivity contribution in [1.29, 1.82) is 0 Å². The summed E-state index contributed by atoms with van der Waals surface area (Å²) in [7, 11) is 0. The summed E-state index contributed by atoms with van der Waals surface area (Å²) in [5.41, 5.74) is -0.292. The molecule has 1 aliphatic rings. The van der Waals surface area contributed by atoms with Crippen LogP contribution in [0.1, 0.15) is 40.5 Å². The molecular formula is C16H18N2O6. The van der Waals surface area contributed by atoms with E-state index in [0.717, 1.165) is 6.07 Å². The molecule has 0 saturated carbocycles. The molecule has 0 radical (unpaired) electrons. The Labute approximate surface area is 138 Å². The number of hydrogen-bond donors (Lipinski definition) is 3. The van der Waals surface area contributed by atoms with Crippen LogP contribution in [0.2, 0.25) is 0 Å². The SMILES string of the molecule is CC(=O)N1CCC(C(=O)Nc2cc(C(=O)O)cc(C(=O)O)c2)CC1. The third-order valence-corrected chi connectivity index (χ3v) is 4.01. The van der Waals surface area contributed by atoms with Gasteiger partial charge in [-0.3, -0.25) is 9.59 Å². The summed E-state index contributed by atoms with van der Waals surface area (Å²) >= 11 is 0. The van der Waals surface area contributed by atoms with Gasteiger partial charge in [-0.1, -0.05) is 0 Å². The van der Waals surface area contributed by atoms with Crippen LogP contribution in [0.5, 0.6) is 0 Å². The largest absolute Gasteiger partial charge is 0.478 e. The summed E-state index contributed by atoms with van der Waals surface area (Å²) in [4.78, 5) is 47.4. The first-order valence-corrected chi connectivity index (χ1v) is 7.46. The molecular weight excluding hydrogens is 316 g/mol. The Hall–Kier alpha value is -2.90. The van der Waals surface area contributed by atoms with Crippen LogP contribution < -0.4 is 5.32 Å². The molecule has 2 amide bonds. The molecule has 0 atom stereocenters. The highest BCUT2D eigenvalue weighted by Crippen LogP contribution is 2.21. The fraction of sp³-hybridized carbons (Fsp3) is 0.375. The van der Waals surface area contributed by atoms with Gasteiger partial charge in [0.05, 0.1) is 11.1 Å². The zero-order chi connectivity index (χ0) is 17.9. The van der Waals surface area contributed by atoms with Crippen molar-refractivity contribution in [3.05, 3.63) is 29.3 Å². The Kier molecular flexibility index (Phi) is 5.18. The predicted molar refractivity (Wildman–Crippen MR) is 84.0 cm³/mol. The molecule has 1 aromatic carbocycles. The number of hydrogen-bond acceptors (Lipinski definition) is 4. The maximum atomic E-state index is 12.3. The number of carboxylic acids is 2. The molecule has 2 rings (SSSR count). The second kappa shape index (κ2) is 7.12. The minimum Gasteiger partial charge on any atom is -0.478 e. The number of piperidine rings is 1. The number of carbonyl (C=O) groups excluding carboxylic acids is 2. The lowest BCUT2D eigenvalue weighted by Gasteiger charge is -2.30. The average molecular weight is 334 g/mol. The second-order valence-corrected chi connectivity index (χ2v) is 5.68. The number of rotatable bonds is 4. The van der Waals surface area contributed by atoms with E-state index in [1.807, 2.05) is 0 Å². The van der Waals surface area contributed by atoms with E-state index in [-0.39, 0.29) is 34.5 Å². The van der Waals surface area contributed by atoms with Gasteiger partial charge in [0.1, 0.15) is 0 Å². The highest BCUT2D eigenvalue weighted by Gasteiger charge is 2.26. The summed E-state index contributed by atoms with van der Waals surface area (Å²) < 4.78 is 0. The number of amides is 2. The molecule has 8 nitrogen and oxygen atoms in total. The van der Waals surface area contributed by atoms with Crippen LogP contribution >= 0.6 is 0 Å². The van der Waals surface area contributed by atoms with E-state index in [1.165, 1.54) is 19.1 Å². The third kappa shape index (κ3) is 4.09. The Morgan fingerprint density at radius 1 is 1.00 bits per heavy atom. The molecule has 8 heteroatoms. The number of anilines is 1. The van der Waals surface area contributed by atoms with Crippen LogP contribution in [0.4, 0.5) is 5.69 Å². The van der Waals surface area contributed by atoms with E-state index in [4.69, 9.17) is 10.2 Å². The lowest BCUT2D eigenvalue weighted by molar-refractivity contribution is -0.132. The molecule has 128 valence electrons. The van der Waals surface area contributed by atoms with Gasteiger partial charge in [-0.25, -0.2) is 9.59 Å². The highest BCUT2D eigenvalue weighted by molar-refractivity contribution is 5.99. The quantitative estimate of drug-likeness (QED) is 0.762. The van der Waals surface area contributed by atoms with Crippen LogP contribution in [0.15, 0.2) is 18.2 Å². The number of nitrogens with one attached hydrogen (secondary N) is 1. The topological polar surface area (TPSA) is 124 Å². The monoisotopic (exact) mass is 334 g/mol. The van der Waals surface area contributed by atoms with Crippen molar-refractivity contribution in [1.82, 2.24) is 4.90 Å². The van der Waals surface area contributed by atoms with Gasteiger partial charge < -0.3 is 20.4 Å². The van der Waals surface area contributed by atoms with Gasteiger partial charge in [-0.2, -0.15) is 0 Å². The average Bonchev–Trinajstić information content (AvgIpc) is 2.54. The molecule has 0 aliphatic carbocycles. The molecule has 24 heavy (non-hydrogen) atoms. The smallest absolute Gasteiger partial charge is 0.335 e. The Morgan fingerprint density at radius 3 is 1.92 bits per heavy atom. The van der Waals surface area contributed by atoms with E-state index in [0.29, 0.717) is 25.9 Å². The fourth-order valence-electron chi connectivity index (χ4n) is 2.65. The summed E-state index contributed by atoms with van der Waals surface area (Å²) in [6.45, 7) is 2.46. The highest BCUT2D eigenvalue weighted by atomic mass is 16.4. The molecule has 1 saturated heterocycles. The lowest BCUT2D eigenvalue weighted by Crippen LogP contribution is -2.40. The molecule has 0 aromatic heterocycles. The minimum absolute atomic E-state index is 0.0332. The molecule has 3 N–H and O–H groups in total. The van der Waals surface area contributed by atoms with Gasteiger partial charge in [0, 0.05) is 31.6 Å². The normalized spacial score (nSPS) is 15.0. The lowest BCUT2D eigenvalue weighted by atomic mass is 9.95. The predicted octanol–water partition coefficient (Wildman–Crippen LogP) is 1.28. The Bertz CT molecular complexity index is 660. The molecule has 0 bridgehead atoms. The van der Waals surface area contributed by atoms with E-state index in [9.17, 15) is 19.2 Å². The van der Waals surface area contributed by atoms with Crippen LogP contribution in [0.25, 0.3) is 0 Å². The zero-order valence-electron chi connectivity index (χ0n) is 13.1. The summed E-state index contributed by atoms with van der Waals surface area (Å²) in [6.07, 6.45) is 1.02. The van der Waals surface area contributed by atoms with Crippen molar-refractivity contribution in [2.75, 3.05) is 18.4 Å². The number of likely N-dealkylation sites (tertiary alicyclic amines) is 1. The number of carbonyl (C=O) groups is 4. The van der Waals surface area contributed by atoms with Crippen molar-refractivity contribution in [2.45, 2.75) is 19.8 Å².